The lowest BCUT2D eigenvalue weighted by Gasteiger charge is -2.15. The van der Waals surface area contributed by atoms with Gasteiger partial charge in [-0.15, -0.1) is 0 Å². The van der Waals surface area contributed by atoms with Crippen LogP contribution >= 0.6 is 15.9 Å². The van der Waals surface area contributed by atoms with Crippen molar-refractivity contribution in [2.75, 3.05) is 11.9 Å². The molecule has 1 fully saturated rings. The number of carbonyl (C=O) groups is 1. The summed E-state index contributed by atoms with van der Waals surface area (Å²) >= 11 is 3.61. The molecule has 34 heavy (non-hydrogen) atoms. The van der Waals surface area contributed by atoms with Gasteiger partial charge in [0.2, 0.25) is 0 Å². The molecule has 6 rings (SSSR count). The molecule has 1 aliphatic carbocycles. The Morgan fingerprint density at radius 2 is 2.12 bits per heavy atom. The Morgan fingerprint density at radius 1 is 1.26 bits per heavy atom. The number of hydrogen-bond donors (Lipinski definition) is 1. The molecule has 0 unspecified atom stereocenters. The van der Waals surface area contributed by atoms with Crippen LogP contribution in [0.3, 0.4) is 0 Å². The van der Waals surface area contributed by atoms with Crippen LogP contribution in [0.5, 0.6) is 5.75 Å². The van der Waals surface area contributed by atoms with Gasteiger partial charge in [-0.2, -0.15) is 0 Å². The van der Waals surface area contributed by atoms with Gasteiger partial charge in [0.05, 0.1) is 41.2 Å². The monoisotopic (exact) mass is 520 g/mol. The molecule has 172 valence electrons. The summed E-state index contributed by atoms with van der Waals surface area (Å²) in [7, 11) is 0. The van der Waals surface area contributed by atoms with Gasteiger partial charge in [0, 0.05) is 28.3 Å². The number of carbonyl (C=O) groups excluding carboxylic acids is 1. The summed E-state index contributed by atoms with van der Waals surface area (Å²) in [6, 6.07) is 10.6. The number of ether oxygens (including phenoxy) is 1. The predicted octanol–water partition coefficient (Wildman–Crippen LogP) is 6.07. The maximum Gasteiger partial charge on any atom is 0.258 e. The molecule has 2 aromatic heterocycles. The summed E-state index contributed by atoms with van der Waals surface area (Å²) in [5.74, 6) is -0.0116. The van der Waals surface area contributed by atoms with Crippen LogP contribution in [-0.2, 0) is 6.54 Å². The number of rotatable bonds is 4. The second-order valence-electron chi connectivity index (χ2n) is 8.79. The van der Waals surface area contributed by atoms with Crippen molar-refractivity contribution in [2.45, 2.75) is 32.2 Å². The molecular weight excluding hydrogens is 499 g/mol. The van der Waals surface area contributed by atoms with Gasteiger partial charge in [-0.05, 0) is 71.6 Å². The number of hydrogen-bond acceptors (Lipinski definition) is 3. The fourth-order valence-corrected chi connectivity index (χ4v) is 5.06. The molecule has 2 aromatic carbocycles. The predicted molar refractivity (Wildman–Crippen MR) is 131 cm³/mol. The molecule has 0 atom stereocenters. The minimum Gasteiger partial charge on any atom is -0.489 e. The maximum absolute atomic E-state index is 14.9. The number of halogens is 2. The molecule has 6 nitrogen and oxygen atoms in total. The molecule has 0 radical (unpaired) electrons. The van der Waals surface area contributed by atoms with E-state index in [0.717, 1.165) is 45.5 Å². The van der Waals surface area contributed by atoms with Gasteiger partial charge in [0.15, 0.2) is 5.75 Å². The number of amides is 1. The first kappa shape index (κ1) is 21.2. The second kappa shape index (κ2) is 8.13. The van der Waals surface area contributed by atoms with Gasteiger partial charge in [-0.3, -0.25) is 4.79 Å². The molecule has 3 heterocycles. The van der Waals surface area contributed by atoms with E-state index in [4.69, 9.17) is 4.74 Å². The zero-order valence-electron chi connectivity index (χ0n) is 18.5. The Bertz CT molecular complexity index is 1440. The summed E-state index contributed by atoms with van der Waals surface area (Å²) in [6.45, 7) is 2.97. The average Bonchev–Trinajstić information content (AvgIpc) is 3.49. The van der Waals surface area contributed by atoms with Crippen LogP contribution < -0.4 is 10.1 Å². The van der Waals surface area contributed by atoms with Gasteiger partial charge >= 0.3 is 0 Å². The minimum absolute atomic E-state index is 0.0296. The SMILES string of the molecule is Cc1cc(F)c(C(=O)Nc2cccc3c2OCCn2ccc(Br)c2-3)cc1-n1cnc(C2CC2)c1. The molecule has 1 amide bonds. The van der Waals surface area contributed by atoms with Crippen LogP contribution in [0.1, 0.15) is 40.4 Å². The summed E-state index contributed by atoms with van der Waals surface area (Å²) in [6.07, 6.45) is 8.00. The number of nitrogens with one attached hydrogen (secondary N) is 1. The molecule has 8 heteroatoms. The molecule has 0 bridgehead atoms. The Morgan fingerprint density at radius 3 is 2.94 bits per heavy atom. The van der Waals surface area contributed by atoms with E-state index in [0.29, 0.717) is 30.5 Å². The molecule has 1 aliphatic heterocycles. The smallest absolute Gasteiger partial charge is 0.258 e. The van der Waals surface area contributed by atoms with Crippen molar-refractivity contribution in [1.29, 1.82) is 0 Å². The first-order chi connectivity index (χ1) is 16.5. The van der Waals surface area contributed by atoms with E-state index in [1.807, 2.05) is 42.1 Å². The number of aryl methyl sites for hydroxylation is 1. The molecule has 4 aromatic rings. The molecular formula is C26H22BrFN4O2. The normalized spacial score (nSPS) is 14.7. The van der Waals surface area contributed by atoms with Crippen molar-refractivity contribution in [3.05, 3.63) is 82.2 Å². The third kappa shape index (κ3) is 3.62. The Balaban J connectivity index is 1.35. The van der Waals surface area contributed by atoms with Crippen molar-refractivity contribution in [3.63, 3.8) is 0 Å². The third-order valence-corrected chi connectivity index (χ3v) is 7.06. The molecule has 0 spiro atoms. The van der Waals surface area contributed by atoms with Gasteiger partial charge in [0.1, 0.15) is 12.4 Å². The maximum atomic E-state index is 14.9. The van der Waals surface area contributed by atoms with Crippen molar-refractivity contribution >= 4 is 27.5 Å². The average molecular weight is 521 g/mol. The summed E-state index contributed by atoms with van der Waals surface area (Å²) in [5.41, 5.74) is 4.83. The highest BCUT2D eigenvalue weighted by molar-refractivity contribution is 9.10. The summed E-state index contributed by atoms with van der Waals surface area (Å²) < 4.78 is 25.9. The van der Waals surface area contributed by atoms with E-state index in [1.54, 1.807) is 18.5 Å². The first-order valence-corrected chi connectivity index (χ1v) is 12.1. The fourth-order valence-electron chi connectivity index (χ4n) is 4.50. The van der Waals surface area contributed by atoms with E-state index < -0.39 is 11.7 Å². The lowest BCUT2D eigenvalue weighted by Crippen LogP contribution is -2.16. The highest BCUT2D eigenvalue weighted by Crippen LogP contribution is 2.42. The van der Waals surface area contributed by atoms with Crippen LogP contribution in [0.2, 0.25) is 0 Å². The standard InChI is InChI=1S/C26H22BrFN4O2/c1-15-11-20(28)18(12-23(15)32-13-22(29-14-32)16-5-6-16)26(33)30-21-4-2-3-17-24-19(27)7-8-31(24)9-10-34-25(17)21/h2-4,7-8,11-14,16H,5-6,9-10H2,1H3,(H,30,33). The van der Waals surface area contributed by atoms with Crippen LogP contribution in [0.15, 0.2) is 59.6 Å². The van der Waals surface area contributed by atoms with Gasteiger partial charge < -0.3 is 19.2 Å². The van der Waals surface area contributed by atoms with Crippen molar-refractivity contribution in [3.8, 4) is 22.7 Å². The fraction of sp³-hybridized carbons (Fsp3) is 0.231. The van der Waals surface area contributed by atoms with Crippen LogP contribution in [0.25, 0.3) is 16.9 Å². The number of aromatic nitrogens is 3. The lowest BCUT2D eigenvalue weighted by molar-refractivity contribution is 0.102. The van der Waals surface area contributed by atoms with Crippen LogP contribution in [0, 0.1) is 12.7 Å². The van der Waals surface area contributed by atoms with Crippen LogP contribution in [-0.4, -0.2) is 26.6 Å². The largest absolute Gasteiger partial charge is 0.489 e. The Labute approximate surface area is 204 Å². The van der Waals surface area contributed by atoms with E-state index in [9.17, 15) is 9.18 Å². The van der Waals surface area contributed by atoms with E-state index >= 15 is 0 Å². The molecule has 2 aliphatic rings. The van der Waals surface area contributed by atoms with Gasteiger partial charge in [-0.1, -0.05) is 6.07 Å². The quantitative estimate of drug-likeness (QED) is 0.355. The first-order valence-electron chi connectivity index (χ1n) is 11.3. The molecule has 1 N–H and O–H groups in total. The number of fused-ring (bicyclic) bond motifs is 3. The van der Waals surface area contributed by atoms with Crippen molar-refractivity contribution in [1.82, 2.24) is 14.1 Å². The topological polar surface area (TPSA) is 61.1 Å². The van der Waals surface area contributed by atoms with E-state index in [2.05, 4.69) is 30.8 Å². The minimum atomic E-state index is -0.569. The summed E-state index contributed by atoms with van der Waals surface area (Å²) in [5, 5.41) is 2.88. The van der Waals surface area contributed by atoms with E-state index in [-0.39, 0.29) is 5.56 Å². The zero-order chi connectivity index (χ0) is 23.4. The molecule has 0 saturated heterocycles. The highest BCUT2D eigenvalue weighted by atomic mass is 79.9. The zero-order valence-corrected chi connectivity index (χ0v) is 20.1. The number of anilines is 1. The number of para-hydroxylation sites is 1. The number of imidazole rings is 1. The van der Waals surface area contributed by atoms with Crippen molar-refractivity contribution in [2.24, 2.45) is 0 Å². The second-order valence-corrected chi connectivity index (χ2v) is 9.64. The van der Waals surface area contributed by atoms with Gasteiger partial charge in [-0.25, -0.2) is 9.37 Å². The van der Waals surface area contributed by atoms with Crippen molar-refractivity contribution < 1.29 is 13.9 Å². The Kier molecular flexibility index (Phi) is 5.06. The number of benzene rings is 2. The number of nitrogens with zero attached hydrogens (tertiary/aromatic N) is 3. The lowest BCUT2D eigenvalue weighted by atomic mass is 10.1. The highest BCUT2D eigenvalue weighted by Gasteiger charge is 2.27. The molecule has 1 saturated carbocycles. The summed E-state index contributed by atoms with van der Waals surface area (Å²) in [4.78, 5) is 17.7. The Hall–Kier alpha value is -3.39. The van der Waals surface area contributed by atoms with Gasteiger partial charge in [0.25, 0.3) is 5.91 Å². The van der Waals surface area contributed by atoms with E-state index in [1.165, 1.54) is 6.07 Å². The third-order valence-electron chi connectivity index (χ3n) is 6.42. The van der Waals surface area contributed by atoms with Crippen LogP contribution in [0.4, 0.5) is 10.1 Å².